The number of nitrogens with two attached hydrogens (primary N) is 2. The molecule has 0 radical (unpaired) electrons. The number of carboxylic acids is 2. The quantitative estimate of drug-likeness (QED) is 0.452. The number of hydrogen-bond acceptors (Lipinski definition) is 4. The molecule has 1 aliphatic carbocycles. The highest BCUT2D eigenvalue weighted by atomic mass is 35.5. The van der Waals surface area contributed by atoms with Crippen LogP contribution in [-0.2, 0) is 9.59 Å². The topological polar surface area (TPSA) is 156 Å². The summed E-state index contributed by atoms with van der Waals surface area (Å²) in [5, 5.41) is 20.0. The molecule has 7 N–H and O–H groups in total. The zero-order valence-electron chi connectivity index (χ0n) is 16.4. The van der Waals surface area contributed by atoms with Crippen molar-refractivity contribution in [3.63, 3.8) is 0 Å². The van der Waals surface area contributed by atoms with E-state index in [0.29, 0.717) is 10.0 Å². The minimum atomic E-state index is -1.29. The summed E-state index contributed by atoms with van der Waals surface area (Å²) >= 11 is 12.2. The van der Waals surface area contributed by atoms with Crippen LogP contribution < -0.4 is 16.8 Å². The molecule has 0 saturated carbocycles. The Bertz CT molecular complexity index is 970. The van der Waals surface area contributed by atoms with Gasteiger partial charge in [0.05, 0.1) is 22.5 Å². The van der Waals surface area contributed by atoms with Gasteiger partial charge in [-0.15, -0.1) is 0 Å². The lowest BCUT2D eigenvalue weighted by Gasteiger charge is -2.32. The Labute approximate surface area is 189 Å². The Morgan fingerprint density at radius 1 is 1.03 bits per heavy atom. The van der Waals surface area contributed by atoms with Crippen LogP contribution in [0.2, 0.25) is 10.0 Å². The molecule has 0 heterocycles. The summed E-state index contributed by atoms with van der Waals surface area (Å²) in [6.07, 6.45) is 1.22. The molecule has 0 aliphatic heterocycles. The summed E-state index contributed by atoms with van der Waals surface area (Å²) < 4.78 is 0. The van der Waals surface area contributed by atoms with E-state index in [9.17, 15) is 14.4 Å². The third-order valence-corrected chi connectivity index (χ3v) is 5.60. The number of rotatable bonds is 5. The smallest absolute Gasteiger partial charge is 0.321 e. The number of fused-ring (bicyclic) bond motifs is 1. The van der Waals surface area contributed by atoms with E-state index in [1.165, 1.54) is 5.56 Å². The summed E-state index contributed by atoms with van der Waals surface area (Å²) in [6, 6.07) is 12.1. The van der Waals surface area contributed by atoms with Crippen molar-refractivity contribution in [3.8, 4) is 0 Å². The number of primary amides is 1. The Morgan fingerprint density at radius 3 is 2.19 bits per heavy atom. The first kappa shape index (κ1) is 24.5. The van der Waals surface area contributed by atoms with Gasteiger partial charge >= 0.3 is 18.0 Å². The summed E-state index contributed by atoms with van der Waals surface area (Å²) in [6.45, 7) is 0. The summed E-state index contributed by atoms with van der Waals surface area (Å²) in [5.41, 5.74) is 13.6. The highest BCUT2D eigenvalue weighted by Crippen LogP contribution is 2.42. The van der Waals surface area contributed by atoms with Crippen LogP contribution >= 0.6 is 23.2 Å². The normalized spacial score (nSPS) is 18.0. The molecule has 0 spiro atoms. The van der Waals surface area contributed by atoms with Crippen LogP contribution in [0.3, 0.4) is 0 Å². The maximum atomic E-state index is 11.2. The van der Waals surface area contributed by atoms with Gasteiger partial charge in [0.2, 0.25) is 0 Å². The minimum absolute atomic E-state index is 0.0345. The zero-order valence-corrected chi connectivity index (χ0v) is 17.9. The molecule has 0 aromatic heterocycles. The van der Waals surface area contributed by atoms with E-state index < -0.39 is 30.4 Å². The Balaban J connectivity index is 0.000000323. The van der Waals surface area contributed by atoms with E-state index >= 15 is 0 Å². The number of benzene rings is 2. The molecule has 2 aromatic rings. The number of carboxylic acid groups (broad SMARTS) is 2. The summed E-state index contributed by atoms with van der Waals surface area (Å²) in [4.78, 5) is 30.8. The van der Waals surface area contributed by atoms with E-state index in [0.717, 1.165) is 24.0 Å². The van der Waals surface area contributed by atoms with Gasteiger partial charge < -0.3 is 27.0 Å². The largest absolute Gasteiger partial charge is 0.481 e. The van der Waals surface area contributed by atoms with E-state index in [1.54, 1.807) is 0 Å². The highest BCUT2D eigenvalue weighted by Gasteiger charge is 2.28. The van der Waals surface area contributed by atoms with Gasteiger partial charge in [-0.25, -0.2) is 4.79 Å². The molecule has 0 bridgehead atoms. The van der Waals surface area contributed by atoms with Gasteiger partial charge in [-0.2, -0.15) is 0 Å². The number of nitrogens with one attached hydrogen (secondary N) is 1. The molecule has 1 aliphatic rings. The molecule has 3 atom stereocenters. The van der Waals surface area contributed by atoms with Crippen LogP contribution in [-0.4, -0.2) is 34.2 Å². The van der Waals surface area contributed by atoms with E-state index in [1.807, 2.05) is 36.4 Å². The molecular weight excluding hydrogens is 445 g/mol. The Kier molecular flexibility index (Phi) is 8.67. The fourth-order valence-electron chi connectivity index (χ4n) is 3.46. The molecule has 166 valence electrons. The molecule has 0 unspecified atom stereocenters. The van der Waals surface area contributed by atoms with Crippen molar-refractivity contribution in [3.05, 3.63) is 69.2 Å². The highest BCUT2D eigenvalue weighted by molar-refractivity contribution is 6.42. The van der Waals surface area contributed by atoms with Crippen molar-refractivity contribution in [2.75, 3.05) is 0 Å². The molecule has 10 heteroatoms. The van der Waals surface area contributed by atoms with Crippen molar-refractivity contribution >= 4 is 41.2 Å². The van der Waals surface area contributed by atoms with Crippen molar-refractivity contribution in [2.45, 2.75) is 37.3 Å². The van der Waals surface area contributed by atoms with Crippen LogP contribution in [0.25, 0.3) is 0 Å². The van der Waals surface area contributed by atoms with Crippen LogP contribution in [0, 0.1) is 0 Å². The molecule has 2 aromatic carbocycles. The van der Waals surface area contributed by atoms with Crippen molar-refractivity contribution in [1.29, 1.82) is 0 Å². The molecule has 3 rings (SSSR count). The second-order valence-corrected chi connectivity index (χ2v) is 7.85. The van der Waals surface area contributed by atoms with Crippen LogP contribution in [0.5, 0.6) is 0 Å². The minimum Gasteiger partial charge on any atom is -0.481 e. The first-order chi connectivity index (χ1) is 14.6. The average molecular weight is 468 g/mol. The number of hydrogen-bond donors (Lipinski definition) is 5. The second kappa shape index (κ2) is 11.0. The molecule has 0 saturated heterocycles. The molecule has 2 amide bonds. The van der Waals surface area contributed by atoms with E-state index in [2.05, 4.69) is 11.4 Å². The molecule has 8 nitrogen and oxygen atoms in total. The summed E-state index contributed by atoms with van der Waals surface area (Å²) in [7, 11) is 0. The van der Waals surface area contributed by atoms with Gasteiger partial charge in [0.25, 0.3) is 0 Å². The molecule has 31 heavy (non-hydrogen) atoms. The zero-order chi connectivity index (χ0) is 23.1. The van der Waals surface area contributed by atoms with Gasteiger partial charge in [-0.05, 0) is 41.7 Å². The third kappa shape index (κ3) is 6.85. The van der Waals surface area contributed by atoms with Crippen molar-refractivity contribution < 1.29 is 24.6 Å². The lowest BCUT2D eigenvalue weighted by atomic mass is 9.77. The monoisotopic (exact) mass is 467 g/mol. The maximum Gasteiger partial charge on any atom is 0.321 e. The third-order valence-electron chi connectivity index (χ3n) is 4.87. The van der Waals surface area contributed by atoms with Crippen LogP contribution in [0.15, 0.2) is 42.5 Å². The average Bonchev–Trinajstić information content (AvgIpc) is 2.70. The van der Waals surface area contributed by atoms with Gasteiger partial charge in [0.15, 0.2) is 0 Å². The molecule has 0 fully saturated rings. The number of carbonyl (C=O) groups excluding carboxylic acids is 1. The van der Waals surface area contributed by atoms with Gasteiger partial charge in [-0.3, -0.25) is 9.59 Å². The lowest BCUT2D eigenvalue weighted by Crippen LogP contribution is -2.35. The first-order valence-corrected chi connectivity index (χ1v) is 10.2. The van der Waals surface area contributed by atoms with Gasteiger partial charge in [0, 0.05) is 5.92 Å². The molecular formula is C21H23Cl2N3O5. The second-order valence-electron chi connectivity index (χ2n) is 7.04. The predicted molar refractivity (Wildman–Crippen MR) is 117 cm³/mol. The number of aliphatic carboxylic acids is 2. The van der Waals surface area contributed by atoms with Crippen molar-refractivity contribution in [2.24, 2.45) is 11.5 Å². The number of carbonyl (C=O) groups is 3. The fourth-order valence-corrected chi connectivity index (χ4v) is 3.77. The maximum absolute atomic E-state index is 11.2. The SMILES string of the molecule is NC(=O)N[C@H]1CC[C@@H](c2ccc(Cl)c(Cl)c2)c2ccccc21.N[C@@H](CC(=O)O)C(=O)O. The van der Waals surface area contributed by atoms with Gasteiger partial charge in [0.1, 0.15) is 6.04 Å². The van der Waals surface area contributed by atoms with Crippen molar-refractivity contribution in [1.82, 2.24) is 5.32 Å². The summed E-state index contributed by atoms with van der Waals surface area (Å²) in [5.74, 6) is -2.25. The fraction of sp³-hybridized carbons (Fsp3) is 0.286. The van der Waals surface area contributed by atoms with Crippen LogP contribution in [0.1, 0.15) is 47.9 Å². The number of urea groups is 1. The first-order valence-electron chi connectivity index (χ1n) is 9.40. The Hall–Kier alpha value is -2.81. The number of amides is 2. The van der Waals surface area contributed by atoms with Crippen LogP contribution in [0.4, 0.5) is 4.79 Å². The Morgan fingerprint density at radius 2 is 1.68 bits per heavy atom. The van der Waals surface area contributed by atoms with E-state index in [-0.39, 0.29) is 12.0 Å². The predicted octanol–water partition coefficient (Wildman–Crippen LogP) is 3.50. The van der Waals surface area contributed by atoms with E-state index in [4.69, 9.17) is 44.9 Å². The lowest BCUT2D eigenvalue weighted by molar-refractivity contribution is -0.144. The number of halogens is 2. The van der Waals surface area contributed by atoms with Gasteiger partial charge in [-0.1, -0.05) is 53.5 Å². The standard InChI is InChI=1S/C17H16Cl2N2O.C4H7NO4/c18-14-7-5-10(9-15(14)19)11-6-8-16(21-17(20)22)13-4-2-1-3-12(11)13;5-2(4(8)9)1-3(6)7/h1-5,7,9,11,16H,6,8H2,(H3,20,21,22);2H,1,5H2,(H,6,7)(H,8,9)/t11-,16-;2-/m00/s1.